The number of rotatable bonds is 3. The van der Waals surface area contributed by atoms with Gasteiger partial charge in [0.25, 0.3) is 5.91 Å². The highest BCUT2D eigenvalue weighted by Crippen LogP contribution is 2.43. The summed E-state index contributed by atoms with van der Waals surface area (Å²) in [6.45, 7) is -0.0111. The molecule has 0 aliphatic carbocycles. The van der Waals surface area contributed by atoms with Crippen molar-refractivity contribution < 1.29 is 14.3 Å². The van der Waals surface area contributed by atoms with Gasteiger partial charge in [-0.15, -0.1) is 0 Å². The molecule has 4 rings (SSSR count). The standard InChI is InChI=1S/C21H22FNO2/c22-18-7-5-15(6-8-18)17-11-19-9-10-20(12-17)23(19)21(25)16-3-1-14(13-24)2-4-16/h1-8,17,19-20,24H,9-13H2. The van der Waals surface area contributed by atoms with Gasteiger partial charge in [-0.3, -0.25) is 4.79 Å². The van der Waals surface area contributed by atoms with E-state index in [0.717, 1.165) is 31.2 Å². The van der Waals surface area contributed by atoms with Gasteiger partial charge in [0.05, 0.1) is 6.61 Å². The average Bonchev–Trinajstić information content (AvgIpc) is 2.91. The van der Waals surface area contributed by atoms with Crippen LogP contribution in [0.15, 0.2) is 48.5 Å². The molecule has 2 aliphatic rings. The summed E-state index contributed by atoms with van der Waals surface area (Å²) in [5.41, 5.74) is 2.68. The third kappa shape index (κ3) is 3.07. The summed E-state index contributed by atoms with van der Waals surface area (Å²) in [6, 6.07) is 14.6. The topological polar surface area (TPSA) is 40.5 Å². The van der Waals surface area contributed by atoms with Gasteiger partial charge in [-0.2, -0.15) is 0 Å². The van der Waals surface area contributed by atoms with Crippen molar-refractivity contribution in [2.45, 2.75) is 50.3 Å². The van der Waals surface area contributed by atoms with E-state index in [-0.39, 0.29) is 30.4 Å². The first-order chi connectivity index (χ1) is 12.2. The van der Waals surface area contributed by atoms with Crippen LogP contribution >= 0.6 is 0 Å². The molecule has 1 amide bonds. The Kier molecular flexibility index (Phi) is 4.30. The molecular formula is C21H22FNO2. The number of aliphatic hydroxyl groups excluding tert-OH is 1. The Morgan fingerprint density at radius 2 is 1.60 bits per heavy atom. The third-order valence-corrected chi connectivity index (χ3v) is 5.69. The van der Waals surface area contributed by atoms with Gasteiger partial charge in [-0.1, -0.05) is 24.3 Å². The van der Waals surface area contributed by atoms with Crippen molar-refractivity contribution in [3.05, 3.63) is 71.0 Å². The van der Waals surface area contributed by atoms with Crippen molar-refractivity contribution in [2.24, 2.45) is 0 Å². The van der Waals surface area contributed by atoms with Crippen molar-refractivity contribution in [1.29, 1.82) is 0 Å². The Hall–Kier alpha value is -2.20. The van der Waals surface area contributed by atoms with Crippen molar-refractivity contribution >= 4 is 5.91 Å². The number of hydrogen-bond donors (Lipinski definition) is 1. The fourth-order valence-electron chi connectivity index (χ4n) is 4.42. The maximum atomic E-state index is 13.2. The van der Waals surface area contributed by atoms with E-state index in [2.05, 4.69) is 4.90 Å². The Labute approximate surface area is 147 Å². The Bertz CT molecular complexity index is 742. The predicted octanol–water partition coefficient (Wildman–Crippen LogP) is 3.87. The lowest BCUT2D eigenvalue weighted by Gasteiger charge is -2.39. The van der Waals surface area contributed by atoms with Crippen LogP contribution in [-0.4, -0.2) is 28.0 Å². The molecule has 0 spiro atoms. The highest BCUT2D eigenvalue weighted by atomic mass is 19.1. The highest BCUT2D eigenvalue weighted by molar-refractivity contribution is 5.95. The van der Waals surface area contributed by atoms with Crippen LogP contribution < -0.4 is 0 Å². The summed E-state index contributed by atoms with van der Waals surface area (Å²) in [7, 11) is 0. The Morgan fingerprint density at radius 1 is 1.00 bits per heavy atom. The fourth-order valence-corrected chi connectivity index (χ4v) is 4.42. The number of halogens is 1. The SMILES string of the molecule is O=C(c1ccc(CO)cc1)N1C2CCC1CC(c1ccc(F)cc1)C2. The molecule has 25 heavy (non-hydrogen) atoms. The molecule has 2 heterocycles. The van der Waals surface area contributed by atoms with E-state index in [4.69, 9.17) is 5.11 Å². The summed E-state index contributed by atoms with van der Waals surface area (Å²) in [4.78, 5) is 15.0. The molecule has 0 saturated carbocycles. The molecule has 2 aromatic rings. The monoisotopic (exact) mass is 339 g/mol. The Balaban J connectivity index is 1.51. The molecule has 1 N–H and O–H groups in total. The van der Waals surface area contributed by atoms with Crippen molar-refractivity contribution in [2.75, 3.05) is 0 Å². The fraction of sp³-hybridized carbons (Fsp3) is 0.381. The predicted molar refractivity (Wildman–Crippen MR) is 93.7 cm³/mol. The lowest BCUT2D eigenvalue weighted by Crippen LogP contribution is -2.46. The van der Waals surface area contributed by atoms with Gasteiger partial charge in [-0.05, 0) is 67.0 Å². The van der Waals surface area contributed by atoms with E-state index in [1.165, 1.54) is 17.7 Å². The summed E-state index contributed by atoms with van der Waals surface area (Å²) in [5, 5.41) is 9.15. The van der Waals surface area contributed by atoms with Crippen LogP contribution in [0.4, 0.5) is 4.39 Å². The van der Waals surface area contributed by atoms with E-state index in [9.17, 15) is 9.18 Å². The van der Waals surface area contributed by atoms with E-state index >= 15 is 0 Å². The number of carbonyl (C=O) groups excluding carboxylic acids is 1. The van der Waals surface area contributed by atoms with Crippen LogP contribution in [0.1, 0.15) is 53.1 Å². The summed E-state index contributed by atoms with van der Waals surface area (Å²) >= 11 is 0. The number of amides is 1. The molecule has 0 radical (unpaired) electrons. The minimum absolute atomic E-state index is 0.0111. The van der Waals surface area contributed by atoms with Gasteiger partial charge < -0.3 is 10.0 Å². The van der Waals surface area contributed by atoms with Crippen LogP contribution in [0.5, 0.6) is 0 Å². The second-order valence-electron chi connectivity index (χ2n) is 7.17. The number of aliphatic hydroxyl groups is 1. The van der Waals surface area contributed by atoms with Crippen molar-refractivity contribution in [1.82, 2.24) is 4.90 Å². The lowest BCUT2D eigenvalue weighted by atomic mass is 9.85. The molecule has 2 saturated heterocycles. The molecule has 130 valence electrons. The molecular weight excluding hydrogens is 317 g/mol. The molecule has 0 aromatic heterocycles. The molecule has 2 fully saturated rings. The van der Waals surface area contributed by atoms with Gasteiger partial charge >= 0.3 is 0 Å². The van der Waals surface area contributed by atoms with Crippen molar-refractivity contribution in [3.8, 4) is 0 Å². The smallest absolute Gasteiger partial charge is 0.254 e. The molecule has 3 nitrogen and oxygen atoms in total. The molecule has 2 bridgehead atoms. The number of fused-ring (bicyclic) bond motifs is 2. The minimum Gasteiger partial charge on any atom is -0.392 e. The van der Waals surface area contributed by atoms with E-state index in [1.54, 1.807) is 24.3 Å². The first-order valence-electron chi connectivity index (χ1n) is 8.93. The number of carbonyl (C=O) groups is 1. The quantitative estimate of drug-likeness (QED) is 0.922. The first-order valence-corrected chi connectivity index (χ1v) is 8.93. The second kappa shape index (κ2) is 6.60. The van der Waals surface area contributed by atoms with Crippen LogP contribution in [0.3, 0.4) is 0 Å². The first kappa shape index (κ1) is 16.3. The molecule has 4 heteroatoms. The zero-order valence-corrected chi connectivity index (χ0v) is 14.1. The summed E-state index contributed by atoms with van der Waals surface area (Å²) in [6.07, 6.45) is 3.98. The number of nitrogens with zero attached hydrogens (tertiary/aromatic N) is 1. The largest absolute Gasteiger partial charge is 0.392 e. The van der Waals surface area contributed by atoms with E-state index in [1.807, 2.05) is 12.1 Å². The number of benzene rings is 2. The van der Waals surface area contributed by atoms with Crippen molar-refractivity contribution in [3.63, 3.8) is 0 Å². The van der Waals surface area contributed by atoms with Gasteiger partial charge in [0, 0.05) is 17.6 Å². The zero-order chi connectivity index (χ0) is 17.4. The number of hydrogen-bond acceptors (Lipinski definition) is 2. The van der Waals surface area contributed by atoms with Crippen LogP contribution in [-0.2, 0) is 6.61 Å². The van der Waals surface area contributed by atoms with Crippen LogP contribution in [0.25, 0.3) is 0 Å². The van der Waals surface area contributed by atoms with E-state index < -0.39 is 0 Å². The zero-order valence-electron chi connectivity index (χ0n) is 14.1. The number of piperidine rings is 1. The van der Waals surface area contributed by atoms with Crippen LogP contribution in [0.2, 0.25) is 0 Å². The molecule has 2 unspecified atom stereocenters. The van der Waals surface area contributed by atoms with E-state index in [0.29, 0.717) is 11.5 Å². The summed E-state index contributed by atoms with van der Waals surface area (Å²) < 4.78 is 13.2. The second-order valence-corrected chi connectivity index (χ2v) is 7.17. The average molecular weight is 339 g/mol. The van der Waals surface area contributed by atoms with Gasteiger partial charge in [0.15, 0.2) is 0 Å². The highest BCUT2D eigenvalue weighted by Gasteiger charge is 2.43. The normalized spacial score (nSPS) is 25.2. The van der Waals surface area contributed by atoms with Gasteiger partial charge in [-0.25, -0.2) is 4.39 Å². The lowest BCUT2D eigenvalue weighted by molar-refractivity contribution is 0.0571. The molecule has 2 aliphatic heterocycles. The summed E-state index contributed by atoms with van der Waals surface area (Å²) in [5.74, 6) is 0.291. The maximum Gasteiger partial charge on any atom is 0.254 e. The van der Waals surface area contributed by atoms with Crippen LogP contribution in [0, 0.1) is 5.82 Å². The molecule has 2 atom stereocenters. The maximum absolute atomic E-state index is 13.2. The third-order valence-electron chi connectivity index (χ3n) is 5.69. The Morgan fingerprint density at radius 3 is 2.16 bits per heavy atom. The van der Waals surface area contributed by atoms with Gasteiger partial charge in [0.2, 0.25) is 0 Å². The van der Waals surface area contributed by atoms with Gasteiger partial charge in [0.1, 0.15) is 5.82 Å². The minimum atomic E-state index is -0.203. The molecule has 2 aromatic carbocycles.